The molecule has 12 heavy (non-hydrogen) atoms. The predicted molar refractivity (Wildman–Crippen MR) is 47.9 cm³/mol. The zero-order chi connectivity index (χ0) is 8.97. The molecule has 0 heterocycles. The first-order valence-electron chi connectivity index (χ1n) is 4.74. The standard InChI is InChI=1S/C9H19NO2/c1-7-2-3-8(4-7)10-5-9(12)6-11/h7-12H,2-6H2,1H3/t7?,8?,9-/m0/s1. The van der Waals surface area contributed by atoms with Gasteiger partial charge in [0, 0.05) is 12.6 Å². The summed E-state index contributed by atoms with van der Waals surface area (Å²) >= 11 is 0. The molecule has 2 unspecified atom stereocenters. The summed E-state index contributed by atoms with van der Waals surface area (Å²) in [4.78, 5) is 0. The molecule has 0 radical (unpaired) electrons. The van der Waals surface area contributed by atoms with Gasteiger partial charge in [0.1, 0.15) is 0 Å². The molecule has 0 spiro atoms. The van der Waals surface area contributed by atoms with Gasteiger partial charge in [0.15, 0.2) is 0 Å². The maximum Gasteiger partial charge on any atom is 0.0895 e. The van der Waals surface area contributed by atoms with Crippen molar-refractivity contribution in [3.05, 3.63) is 0 Å². The third kappa shape index (κ3) is 3.09. The second kappa shape index (κ2) is 4.80. The average Bonchev–Trinajstić information content (AvgIpc) is 2.47. The smallest absolute Gasteiger partial charge is 0.0895 e. The molecule has 3 atom stereocenters. The van der Waals surface area contributed by atoms with E-state index in [4.69, 9.17) is 10.2 Å². The molecule has 1 fully saturated rings. The summed E-state index contributed by atoms with van der Waals surface area (Å²) < 4.78 is 0. The summed E-state index contributed by atoms with van der Waals surface area (Å²) in [6.07, 6.45) is 3.10. The summed E-state index contributed by atoms with van der Waals surface area (Å²) in [6, 6.07) is 0.557. The van der Waals surface area contributed by atoms with Crippen LogP contribution in [0, 0.1) is 5.92 Å². The summed E-state index contributed by atoms with van der Waals surface area (Å²) in [5.41, 5.74) is 0. The second-order valence-corrected chi connectivity index (χ2v) is 3.86. The average molecular weight is 173 g/mol. The molecular formula is C9H19NO2. The largest absolute Gasteiger partial charge is 0.394 e. The molecule has 0 aliphatic heterocycles. The summed E-state index contributed by atoms with van der Waals surface area (Å²) in [6.45, 7) is 2.63. The van der Waals surface area contributed by atoms with Gasteiger partial charge in [-0.25, -0.2) is 0 Å². The van der Waals surface area contributed by atoms with Crippen LogP contribution in [0.5, 0.6) is 0 Å². The topological polar surface area (TPSA) is 52.5 Å². The van der Waals surface area contributed by atoms with Crippen LogP contribution in [0.3, 0.4) is 0 Å². The number of rotatable bonds is 4. The van der Waals surface area contributed by atoms with Crippen molar-refractivity contribution in [3.63, 3.8) is 0 Å². The van der Waals surface area contributed by atoms with Crippen LogP contribution in [0.1, 0.15) is 26.2 Å². The molecule has 72 valence electrons. The highest BCUT2D eigenvalue weighted by molar-refractivity contribution is 4.78. The van der Waals surface area contributed by atoms with Crippen molar-refractivity contribution >= 4 is 0 Å². The highest BCUT2D eigenvalue weighted by Gasteiger charge is 2.20. The van der Waals surface area contributed by atoms with Crippen molar-refractivity contribution in [1.29, 1.82) is 0 Å². The molecule has 0 aromatic carbocycles. The first-order chi connectivity index (χ1) is 5.72. The molecule has 0 amide bonds. The number of nitrogens with one attached hydrogen (secondary N) is 1. The second-order valence-electron chi connectivity index (χ2n) is 3.86. The van der Waals surface area contributed by atoms with E-state index in [9.17, 15) is 0 Å². The van der Waals surface area contributed by atoms with Gasteiger partial charge in [-0.05, 0) is 25.2 Å². The van der Waals surface area contributed by atoms with Gasteiger partial charge in [-0.1, -0.05) is 6.92 Å². The van der Waals surface area contributed by atoms with E-state index >= 15 is 0 Å². The number of hydrogen-bond donors (Lipinski definition) is 3. The van der Waals surface area contributed by atoms with Crippen LogP contribution < -0.4 is 5.32 Å². The van der Waals surface area contributed by atoms with E-state index < -0.39 is 6.10 Å². The van der Waals surface area contributed by atoms with Crippen molar-refractivity contribution in [3.8, 4) is 0 Å². The molecule has 0 saturated heterocycles. The van der Waals surface area contributed by atoms with Gasteiger partial charge < -0.3 is 15.5 Å². The molecule has 1 saturated carbocycles. The van der Waals surface area contributed by atoms with Crippen LogP contribution in [-0.2, 0) is 0 Å². The maximum absolute atomic E-state index is 9.07. The summed E-state index contributed by atoms with van der Waals surface area (Å²) in [5.74, 6) is 0.814. The van der Waals surface area contributed by atoms with E-state index in [1.165, 1.54) is 19.3 Å². The van der Waals surface area contributed by atoms with Crippen LogP contribution in [-0.4, -0.2) is 35.5 Å². The van der Waals surface area contributed by atoms with Gasteiger partial charge >= 0.3 is 0 Å². The minimum Gasteiger partial charge on any atom is -0.394 e. The maximum atomic E-state index is 9.07. The predicted octanol–water partition coefficient (Wildman–Crippen LogP) is 0.118. The molecular weight excluding hydrogens is 154 g/mol. The van der Waals surface area contributed by atoms with Crippen molar-refractivity contribution in [2.75, 3.05) is 13.2 Å². The van der Waals surface area contributed by atoms with Crippen LogP contribution in [0.25, 0.3) is 0 Å². The minimum absolute atomic E-state index is 0.144. The molecule has 3 heteroatoms. The molecule has 1 rings (SSSR count). The van der Waals surface area contributed by atoms with Crippen LogP contribution in [0.4, 0.5) is 0 Å². The molecule has 0 aromatic rings. The number of aliphatic hydroxyl groups is 2. The van der Waals surface area contributed by atoms with Crippen molar-refractivity contribution < 1.29 is 10.2 Å². The SMILES string of the molecule is CC1CCC(NC[C@H](O)CO)C1. The lowest BCUT2D eigenvalue weighted by molar-refractivity contribution is 0.0919. The van der Waals surface area contributed by atoms with E-state index in [-0.39, 0.29) is 6.61 Å². The number of hydrogen-bond acceptors (Lipinski definition) is 3. The van der Waals surface area contributed by atoms with E-state index in [2.05, 4.69) is 12.2 Å². The van der Waals surface area contributed by atoms with Gasteiger partial charge in [-0.15, -0.1) is 0 Å². The highest BCUT2D eigenvalue weighted by Crippen LogP contribution is 2.24. The molecule has 0 bridgehead atoms. The van der Waals surface area contributed by atoms with Crippen molar-refractivity contribution in [2.45, 2.75) is 38.3 Å². The summed E-state index contributed by atoms with van der Waals surface area (Å²) in [7, 11) is 0. The first-order valence-corrected chi connectivity index (χ1v) is 4.74. The van der Waals surface area contributed by atoms with Gasteiger partial charge in [-0.3, -0.25) is 0 Å². The normalized spacial score (nSPS) is 32.2. The Kier molecular flexibility index (Phi) is 3.98. The fourth-order valence-electron chi connectivity index (χ4n) is 1.76. The van der Waals surface area contributed by atoms with Gasteiger partial charge in [-0.2, -0.15) is 0 Å². The molecule has 1 aliphatic carbocycles. The molecule has 3 N–H and O–H groups in total. The lowest BCUT2D eigenvalue weighted by Crippen LogP contribution is -2.35. The Bertz CT molecular complexity index is 130. The van der Waals surface area contributed by atoms with Crippen molar-refractivity contribution in [2.24, 2.45) is 5.92 Å². The quantitative estimate of drug-likeness (QED) is 0.566. The fraction of sp³-hybridized carbons (Fsp3) is 1.00. The van der Waals surface area contributed by atoms with Crippen LogP contribution in [0.2, 0.25) is 0 Å². The minimum atomic E-state index is -0.596. The Morgan fingerprint density at radius 3 is 2.75 bits per heavy atom. The van der Waals surface area contributed by atoms with Crippen molar-refractivity contribution in [1.82, 2.24) is 5.32 Å². The van der Waals surface area contributed by atoms with Crippen LogP contribution in [0.15, 0.2) is 0 Å². The first kappa shape index (κ1) is 9.96. The van der Waals surface area contributed by atoms with E-state index in [0.29, 0.717) is 12.6 Å². The van der Waals surface area contributed by atoms with Gasteiger partial charge in [0.05, 0.1) is 12.7 Å². The molecule has 3 nitrogen and oxygen atoms in total. The zero-order valence-electron chi connectivity index (χ0n) is 7.66. The van der Waals surface area contributed by atoms with Gasteiger partial charge in [0.2, 0.25) is 0 Å². The van der Waals surface area contributed by atoms with Crippen LogP contribution >= 0.6 is 0 Å². The fourth-order valence-corrected chi connectivity index (χ4v) is 1.76. The Morgan fingerprint density at radius 2 is 2.25 bits per heavy atom. The Balaban J connectivity index is 2.07. The Morgan fingerprint density at radius 1 is 1.50 bits per heavy atom. The molecule has 0 aromatic heterocycles. The monoisotopic (exact) mass is 173 g/mol. The zero-order valence-corrected chi connectivity index (χ0v) is 7.66. The lowest BCUT2D eigenvalue weighted by Gasteiger charge is -2.14. The highest BCUT2D eigenvalue weighted by atomic mass is 16.3. The Labute approximate surface area is 73.8 Å². The summed E-state index contributed by atoms with van der Waals surface area (Å²) in [5, 5.41) is 20.9. The van der Waals surface area contributed by atoms with Gasteiger partial charge in [0.25, 0.3) is 0 Å². The Hall–Kier alpha value is -0.120. The number of aliphatic hydroxyl groups excluding tert-OH is 2. The lowest BCUT2D eigenvalue weighted by atomic mass is 10.1. The van der Waals surface area contributed by atoms with E-state index in [1.54, 1.807) is 0 Å². The van der Waals surface area contributed by atoms with E-state index in [0.717, 1.165) is 5.92 Å². The molecule has 1 aliphatic rings. The third-order valence-electron chi connectivity index (χ3n) is 2.55. The van der Waals surface area contributed by atoms with E-state index in [1.807, 2.05) is 0 Å². The third-order valence-corrected chi connectivity index (χ3v) is 2.55.